The molecule has 29 heavy (non-hydrogen) atoms. The molecule has 152 valence electrons. The summed E-state index contributed by atoms with van der Waals surface area (Å²) in [5, 5.41) is 2.80. The second-order valence-electron chi connectivity index (χ2n) is 6.89. The number of benzene rings is 2. The van der Waals surface area contributed by atoms with E-state index in [1.807, 2.05) is 24.3 Å². The normalized spacial score (nSPS) is 15.7. The van der Waals surface area contributed by atoms with Gasteiger partial charge in [0.05, 0.1) is 18.5 Å². The number of aryl methyl sites for hydroxylation is 1. The number of hydrogen-bond donors (Lipinski definition) is 1. The van der Waals surface area contributed by atoms with Crippen LogP contribution in [0.25, 0.3) is 0 Å². The molecular weight excluding hydrogens is 372 g/mol. The molecule has 0 unspecified atom stereocenters. The van der Waals surface area contributed by atoms with Crippen LogP contribution >= 0.6 is 0 Å². The zero-order chi connectivity index (χ0) is 20.8. The summed E-state index contributed by atoms with van der Waals surface area (Å²) in [5.74, 6) is -0.211. The van der Waals surface area contributed by atoms with Gasteiger partial charge in [-0.15, -0.1) is 0 Å². The molecule has 1 aliphatic heterocycles. The summed E-state index contributed by atoms with van der Waals surface area (Å²) < 4.78 is 10.3. The van der Waals surface area contributed by atoms with E-state index in [0.29, 0.717) is 17.8 Å². The minimum atomic E-state index is -0.445. The minimum Gasteiger partial charge on any atom is -0.497 e. The van der Waals surface area contributed by atoms with Gasteiger partial charge in [0.15, 0.2) is 6.61 Å². The molecule has 2 amide bonds. The molecule has 0 bridgehead atoms. The summed E-state index contributed by atoms with van der Waals surface area (Å²) in [7, 11) is 1.60. The molecule has 2 aromatic rings. The van der Waals surface area contributed by atoms with Gasteiger partial charge >= 0.3 is 5.97 Å². The van der Waals surface area contributed by atoms with Gasteiger partial charge in [-0.3, -0.25) is 14.4 Å². The molecule has 2 aromatic carbocycles. The van der Waals surface area contributed by atoms with Gasteiger partial charge in [0.25, 0.3) is 5.91 Å². The van der Waals surface area contributed by atoms with E-state index in [2.05, 4.69) is 5.32 Å². The van der Waals surface area contributed by atoms with E-state index >= 15 is 0 Å². The molecule has 0 spiro atoms. The molecule has 3 rings (SSSR count). The van der Waals surface area contributed by atoms with Crippen LogP contribution < -0.4 is 15.0 Å². The fourth-order valence-electron chi connectivity index (χ4n) is 3.29. The number of esters is 1. The van der Waals surface area contributed by atoms with Crippen molar-refractivity contribution >= 4 is 29.2 Å². The van der Waals surface area contributed by atoms with Gasteiger partial charge < -0.3 is 19.7 Å². The maximum absolute atomic E-state index is 12.8. The van der Waals surface area contributed by atoms with Crippen molar-refractivity contribution in [3.63, 3.8) is 0 Å². The fourth-order valence-corrected chi connectivity index (χ4v) is 3.29. The number of methoxy groups -OCH3 is 1. The van der Waals surface area contributed by atoms with Gasteiger partial charge in [-0.05, 0) is 43.2 Å². The molecule has 0 saturated heterocycles. The Labute approximate surface area is 169 Å². The summed E-state index contributed by atoms with van der Waals surface area (Å²) >= 11 is 0. The van der Waals surface area contributed by atoms with Gasteiger partial charge in [-0.25, -0.2) is 0 Å². The van der Waals surface area contributed by atoms with E-state index in [1.165, 1.54) is 4.90 Å². The predicted molar refractivity (Wildman–Crippen MR) is 109 cm³/mol. The van der Waals surface area contributed by atoms with Gasteiger partial charge in [-0.1, -0.05) is 24.3 Å². The van der Waals surface area contributed by atoms with Crippen molar-refractivity contribution in [2.75, 3.05) is 23.9 Å². The van der Waals surface area contributed by atoms with Crippen molar-refractivity contribution in [2.45, 2.75) is 32.2 Å². The Morgan fingerprint density at radius 2 is 1.86 bits per heavy atom. The fraction of sp³-hybridized carbons (Fsp3) is 0.318. The number of rotatable bonds is 6. The Morgan fingerprint density at radius 3 is 2.59 bits per heavy atom. The molecule has 0 radical (unpaired) electrons. The van der Waals surface area contributed by atoms with Crippen LogP contribution in [0.2, 0.25) is 0 Å². The zero-order valence-corrected chi connectivity index (χ0v) is 16.5. The molecule has 1 atom stereocenters. The predicted octanol–water partition coefficient (Wildman–Crippen LogP) is 2.93. The van der Waals surface area contributed by atoms with Crippen LogP contribution in [0.4, 0.5) is 11.4 Å². The summed E-state index contributed by atoms with van der Waals surface area (Å²) in [5.41, 5.74) is 2.15. The molecule has 0 aliphatic carbocycles. The first kappa shape index (κ1) is 20.4. The van der Waals surface area contributed by atoms with Crippen molar-refractivity contribution in [3.05, 3.63) is 54.1 Å². The van der Waals surface area contributed by atoms with Gasteiger partial charge in [0.2, 0.25) is 5.91 Å². The van der Waals surface area contributed by atoms with Crippen LogP contribution in [-0.2, 0) is 25.5 Å². The van der Waals surface area contributed by atoms with Gasteiger partial charge in [-0.2, -0.15) is 0 Å². The van der Waals surface area contributed by atoms with Crippen LogP contribution in [0, 0.1) is 0 Å². The van der Waals surface area contributed by atoms with E-state index in [-0.39, 0.29) is 37.3 Å². The van der Waals surface area contributed by atoms with Crippen LogP contribution in [0.5, 0.6) is 5.75 Å². The average Bonchev–Trinajstić information content (AvgIpc) is 2.85. The lowest BCUT2D eigenvalue weighted by atomic mass is 10.1. The summed E-state index contributed by atoms with van der Waals surface area (Å²) in [6.45, 7) is 1.43. The number of amides is 2. The van der Waals surface area contributed by atoms with Crippen molar-refractivity contribution in [2.24, 2.45) is 0 Å². The first-order chi connectivity index (χ1) is 14.0. The number of fused-ring (bicyclic) bond motifs is 1. The monoisotopic (exact) mass is 396 g/mol. The lowest BCUT2D eigenvalue weighted by molar-refractivity contribution is -0.148. The Hall–Kier alpha value is -3.35. The highest BCUT2D eigenvalue weighted by atomic mass is 16.5. The first-order valence-corrected chi connectivity index (χ1v) is 9.47. The molecular formula is C22H24N2O5. The minimum absolute atomic E-state index is 0.156. The van der Waals surface area contributed by atoms with Gasteiger partial charge in [0.1, 0.15) is 5.75 Å². The molecule has 1 aliphatic rings. The second kappa shape index (κ2) is 9.23. The number of carbonyl (C=O) groups excluding carboxylic acids is 3. The number of para-hydroxylation sites is 2. The van der Waals surface area contributed by atoms with Crippen molar-refractivity contribution in [1.82, 2.24) is 0 Å². The van der Waals surface area contributed by atoms with Crippen LogP contribution in [0.15, 0.2) is 48.5 Å². The second-order valence-corrected chi connectivity index (χ2v) is 6.89. The third-order valence-electron chi connectivity index (χ3n) is 4.76. The highest BCUT2D eigenvalue weighted by molar-refractivity contribution is 6.05. The molecule has 7 nitrogen and oxygen atoms in total. The average molecular weight is 396 g/mol. The lowest BCUT2D eigenvalue weighted by Gasteiger charge is -2.27. The standard InChI is InChI=1S/C22H24N2O5/c1-15-13-20(25)23-18-5-3-4-6-19(18)24(15)21(26)14-29-22(27)12-9-16-7-10-17(28-2)11-8-16/h3-8,10-11,15H,9,12-14H2,1-2H3,(H,23,25)/t15-/m1/s1. The zero-order valence-electron chi connectivity index (χ0n) is 16.5. The third kappa shape index (κ3) is 5.13. The highest BCUT2D eigenvalue weighted by Crippen LogP contribution is 2.31. The van der Waals surface area contributed by atoms with Gasteiger partial charge in [0, 0.05) is 18.9 Å². The van der Waals surface area contributed by atoms with Crippen molar-refractivity contribution < 1.29 is 23.9 Å². The third-order valence-corrected chi connectivity index (χ3v) is 4.76. The molecule has 7 heteroatoms. The molecule has 1 N–H and O–H groups in total. The first-order valence-electron chi connectivity index (χ1n) is 9.47. The Kier molecular flexibility index (Phi) is 6.49. The van der Waals surface area contributed by atoms with E-state index in [0.717, 1.165) is 11.3 Å². The van der Waals surface area contributed by atoms with Crippen molar-refractivity contribution in [3.8, 4) is 5.75 Å². The summed E-state index contributed by atoms with van der Waals surface area (Å²) in [6, 6.07) is 14.2. The van der Waals surface area contributed by atoms with E-state index in [4.69, 9.17) is 9.47 Å². The number of hydrogen-bond acceptors (Lipinski definition) is 5. The maximum atomic E-state index is 12.8. The number of nitrogens with zero attached hydrogens (tertiary/aromatic N) is 1. The number of ether oxygens (including phenoxy) is 2. The van der Waals surface area contributed by atoms with E-state index in [9.17, 15) is 14.4 Å². The molecule has 0 aromatic heterocycles. The Balaban J connectivity index is 1.57. The Bertz CT molecular complexity index is 894. The molecule has 0 fully saturated rings. The van der Waals surface area contributed by atoms with E-state index < -0.39 is 5.97 Å². The molecule has 1 heterocycles. The van der Waals surface area contributed by atoms with Crippen LogP contribution in [0.1, 0.15) is 25.3 Å². The number of nitrogens with one attached hydrogen (secondary N) is 1. The molecule has 0 saturated carbocycles. The quantitative estimate of drug-likeness (QED) is 0.759. The highest BCUT2D eigenvalue weighted by Gasteiger charge is 2.29. The van der Waals surface area contributed by atoms with Crippen molar-refractivity contribution in [1.29, 1.82) is 0 Å². The maximum Gasteiger partial charge on any atom is 0.306 e. The van der Waals surface area contributed by atoms with Crippen LogP contribution in [0.3, 0.4) is 0 Å². The lowest BCUT2D eigenvalue weighted by Crippen LogP contribution is -2.41. The topological polar surface area (TPSA) is 84.9 Å². The number of carbonyl (C=O) groups is 3. The number of anilines is 2. The van der Waals surface area contributed by atoms with Crippen LogP contribution in [-0.4, -0.2) is 37.5 Å². The Morgan fingerprint density at radius 1 is 1.14 bits per heavy atom. The largest absolute Gasteiger partial charge is 0.497 e. The van der Waals surface area contributed by atoms with E-state index in [1.54, 1.807) is 38.3 Å². The summed E-state index contributed by atoms with van der Waals surface area (Å²) in [6.07, 6.45) is 0.857. The summed E-state index contributed by atoms with van der Waals surface area (Å²) in [4.78, 5) is 38.4. The smallest absolute Gasteiger partial charge is 0.306 e. The SMILES string of the molecule is COc1ccc(CCC(=O)OCC(=O)N2c3ccccc3NC(=O)C[C@H]2C)cc1.